The number of ether oxygens (including phenoxy) is 2. The SMILES string of the molecule is COc1ccc(N=Cc2c(O)n(-c3ccccn3)c(=O)c3ccccc23)c(OC)c1. The Bertz CT molecular complexity index is 1300. The number of fused-ring (bicyclic) bond motifs is 1. The van der Waals surface area contributed by atoms with Gasteiger partial charge in [0.2, 0.25) is 5.88 Å². The van der Waals surface area contributed by atoms with Crippen molar-refractivity contribution in [2.24, 2.45) is 4.99 Å². The largest absolute Gasteiger partial charge is 0.497 e. The number of pyridine rings is 2. The van der Waals surface area contributed by atoms with Gasteiger partial charge in [0.1, 0.15) is 23.0 Å². The summed E-state index contributed by atoms with van der Waals surface area (Å²) in [6, 6.07) is 17.4. The van der Waals surface area contributed by atoms with Gasteiger partial charge in [-0.05, 0) is 30.3 Å². The van der Waals surface area contributed by atoms with Crippen molar-refractivity contribution in [2.45, 2.75) is 0 Å². The van der Waals surface area contributed by atoms with Crippen LogP contribution in [-0.2, 0) is 0 Å². The summed E-state index contributed by atoms with van der Waals surface area (Å²) in [5.74, 6) is 1.24. The number of methoxy groups -OCH3 is 2. The van der Waals surface area contributed by atoms with Crippen LogP contribution in [0.25, 0.3) is 16.6 Å². The summed E-state index contributed by atoms with van der Waals surface area (Å²) in [7, 11) is 3.12. The highest BCUT2D eigenvalue weighted by Gasteiger charge is 2.17. The number of rotatable bonds is 5. The lowest BCUT2D eigenvalue weighted by Crippen LogP contribution is -2.20. The Morgan fingerprint density at radius 2 is 1.77 bits per heavy atom. The van der Waals surface area contributed by atoms with Crippen LogP contribution in [-0.4, -0.2) is 35.1 Å². The molecule has 4 rings (SSSR count). The van der Waals surface area contributed by atoms with Crippen LogP contribution in [0.2, 0.25) is 0 Å². The highest BCUT2D eigenvalue weighted by Crippen LogP contribution is 2.32. The highest BCUT2D eigenvalue weighted by molar-refractivity contribution is 6.02. The Labute approximate surface area is 172 Å². The predicted octanol–water partition coefficient (Wildman–Crippen LogP) is 3.86. The second-order valence-electron chi connectivity index (χ2n) is 6.41. The van der Waals surface area contributed by atoms with Gasteiger partial charge in [0, 0.05) is 29.3 Å². The molecule has 0 saturated carbocycles. The first kappa shape index (κ1) is 19.2. The minimum atomic E-state index is -0.360. The lowest BCUT2D eigenvalue weighted by Gasteiger charge is -2.13. The van der Waals surface area contributed by atoms with Crippen molar-refractivity contribution in [1.82, 2.24) is 9.55 Å². The van der Waals surface area contributed by atoms with E-state index in [4.69, 9.17) is 9.47 Å². The highest BCUT2D eigenvalue weighted by atomic mass is 16.5. The van der Waals surface area contributed by atoms with Crippen molar-refractivity contribution < 1.29 is 14.6 Å². The summed E-state index contributed by atoms with van der Waals surface area (Å²) in [4.78, 5) is 21.7. The van der Waals surface area contributed by atoms with E-state index in [2.05, 4.69) is 9.98 Å². The fraction of sp³-hybridized carbons (Fsp3) is 0.0870. The molecule has 2 heterocycles. The van der Waals surface area contributed by atoms with Crippen molar-refractivity contribution in [1.29, 1.82) is 0 Å². The van der Waals surface area contributed by atoms with Gasteiger partial charge >= 0.3 is 0 Å². The lowest BCUT2D eigenvalue weighted by molar-refractivity contribution is 0.395. The molecule has 0 spiro atoms. The molecule has 2 aromatic heterocycles. The number of benzene rings is 2. The standard InChI is InChI=1S/C23H19N3O4/c1-29-15-10-11-19(20(13-15)30-2)25-14-18-16-7-3-4-8-17(16)22(27)26(23(18)28)21-9-5-6-12-24-21/h3-14,28H,1-2H3. The zero-order chi connectivity index (χ0) is 21.1. The van der Waals surface area contributed by atoms with Gasteiger partial charge in [-0.3, -0.25) is 9.79 Å². The Morgan fingerprint density at radius 1 is 1.00 bits per heavy atom. The Balaban J connectivity index is 1.93. The van der Waals surface area contributed by atoms with Crippen LogP contribution < -0.4 is 15.0 Å². The second kappa shape index (κ2) is 8.08. The fourth-order valence-corrected chi connectivity index (χ4v) is 3.21. The Morgan fingerprint density at radius 3 is 2.47 bits per heavy atom. The molecule has 7 heteroatoms. The van der Waals surface area contributed by atoms with Gasteiger partial charge in [0.05, 0.1) is 19.8 Å². The van der Waals surface area contributed by atoms with Gasteiger partial charge in [-0.1, -0.05) is 24.3 Å². The van der Waals surface area contributed by atoms with E-state index in [1.54, 1.807) is 81.1 Å². The van der Waals surface area contributed by atoms with Gasteiger partial charge in [-0.15, -0.1) is 0 Å². The molecule has 0 aliphatic carbocycles. The zero-order valence-electron chi connectivity index (χ0n) is 16.4. The Hall–Kier alpha value is -4.13. The van der Waals surface area contributed by atoms with E-state index in [0.29, 0.717) is 39.3 Å². The molecule has 150 valence electrons. The third-order valence-corrected chi connectivity index (χ3v) is 4.70. The van der Waals surface area contributed by atoms with E-state index in [0.717, 1.165) is 0 Å². The molecule has 0 unspecified atom stereocenters. The van der Waals surface area contributed by atoms with E-state index in [9.17, 15) is 9.90 Å². The molecular weight excluding hydrogens is 382 g/mol. The summed E-state index contributed by atoms with van der Waals surface area (Å²) in [6.07, 6.45) is 3.08. The average Bonchev–Trinajstić information content (AvgIpc) is 2.80. The van der Waals surface area contributed by atoms with E-state index in [1.807, 2.05) is 0 Å². The molecule has 0 fully saturated rings. The van der Waals surface area contributed by atoms with Crippen molar-refractivity contribution in [3.63, 3.8) is 0 Å². The number of aromatic nitrogens is 2. The minimum absolute atomic E-state index is 0.242. The first-order valence-corrected chi connectivity index (χ1v) is 9.18. The maximum Gasteiger partial charge on any atom is 0.267 e. The molecule has 30 heavy (non-hydrogen) atoms. The molecule has 4 aromatic rings. The third-order valence-electron chi connectivity index (χ3n) is 4.70. The van der Waals surface area contributed by atoms with Crippen molar-refractivity contribution in [3.05, 3.63) is 82.8 Å². The van der Waals surface area contributed by atoms with Crippen LogP contribution in [0.5, 0.6) is 17.4 Å². The zero-order valence-corrected chi connectivity index (χ0v) is 16.4. The molecule has 0 radical (unpaired) electrons. The van der Waals surface area contributed by atoms with Gasteiger partial charge in [-0.25, -0.2) is 9.55 Å². The van der Waals surface area contributed by atoms with Crippen molar-refractivity contribution in [2.75, 3.05) is 14.2 Å². The van der Waals surface area contributed by atoms with Gasteiger partial charge in [0.15, 0.2) is 0 Å². The van der Waals surface area contributed by atoms with E-state index < -0.39 is 0 Å². The second-order valence-corrected chi connectivity index (χ2v) is 6.41. The van der Waals surface area contributed by atoms with Crippen LogP contribution in [0.15, 0.2) is 76.6 Å². The molecule has 0 saturated heterocycles. The molecule has 0 atom stereocenters. The maximum absolute atomic E-state index is 13.0. The third kappa shape index (κ3) is 3.37. The summed E-state index contributed by atoms with van der Waals surface area (Å²) in [5, 5.41) is 12.0. The van der Waals surface area contributed by atoms with Crippen LogP contribution >= 0.6 is 0 Å². The normalized spacial score (nSPS) is 11.1. The van der Waals surface area contributed by atoms with E-state index >= 15 is 0 Å². The monoisotopic (exact) mass is 401 g/mol. The molecule has 0 aliphatic rings. The van der Waals surface area contributed by atoms with Crippen molar-refractivity contribution >= 4 is 22.7 Å². The number of hydrogen-bond acceptors (Lipinski definition) is 6. The van der Waals surface area contributed by atoms with Crippen LogP contribution in [0.1, 0.15) is 5.56 Å². The number of aromatic hydroxyl groups is 1. The van der Waals surface area contributed by atoms with Crippen LogP contribution in [0.3, 0.4) is 0 Å². The number of aliphatic imine (C=N–C) groups is 1. The first-order chi connectivity index (χ1) is 14.6. The van der Waals surface area contributed by atoms with Crippen LogP contribution in [0, 0.1) is 0 Å². The number of nitrogens with zero attached hydrogens (tertiary/aromatic N) is 3. The van der Waals surface area contributed by atoms with Gasteiger partial charge in [-0.2, -0.15) is 0 Å². The van der Waals surface area contributed by atoms with E-state index in [1.165, 1.54) is 10.8 Å². The molecule has 0 aliphatic heterocycles. The fourth-order valence-electron chi connectivity index (χ4n) is 3.21. The smallest absolute Gasteiger partial charge is 0.267 e. The molecule has 0 bridgehead atoms. The summed E-state index contributed by atoms with van der Waals surface area (Å²) in [6.45, 7) is 0. The molecule has 7 nitrogen and oxygen atoms in total. The first-order valence-electron chi connectivity index (χ1n) is 9.18. The average molecular weight is 401 g/mol. The van der Waals surface area contributed by atoms with Crippen molar-refractivity contribution in [3.8, 4) is 23.2 Å². The lowest BCUT2D eigenvalue weighted by atomic mass is 10.1. The minimum Gasteiger partial charge on any atom is -0.497 e. The molecular formula is C23H19N3O4. The maximum atomic E-state index is 13.0. The van der Waals surface area contributed by atoms with Gasteiger partial charge < -0.3 is 14.6 Å². The Kier molecular flexibility index (Phi) is 5.17. The topological polar surface area (TPSA) is 85.9 Å². The predicted molar refractivity (Wildman–Crippen MR) is 116 cm³/mol. The quantitative estimate of drug-likeness (QED) is 0.513. The summed E-state index contributed by atoms with van der Waals surface area (Å²) in [5.41, 5.74) is 0.590. The molecule has 0 amide bonds. The molecule has 1 N–H and O–H groups in total. The summed E-state index contributed by atoms with van der Waals surface area (Å²) >= 11 is 0. The van der Waals surface area contributed by atoms with Gasteiger partial charge in [0.25, 0.3) is 5.56 Å². The van der Waals surface area contributed by atoms with Crippen LogP contribution in [0.4, 0.5) is 5.69 Å². The number of hydrogen-bond donors (Lipinski definition) is 1. The van der Waals surface area contributed by atoms with E-state index in [-0.39, 0.29) is 11.4 Å². The molecule has 2 aromatic carbocycles. The summed E-state index contributed by atoms with van der Waals surface area (Å²) < 4.78 is 11.8.